The summed E-state index contributed by atoms with van der Waals surface area (Å²) in [6.45, 7) is 5.67. The van der Waals surface area contributed by atoms with Gasteiger partial charge in [0.05, 0.1) is 24.0 Å². The van der Waals surface area contributed by atoms with Crippen LogP contribution in [0.15, 0.2) is 46.3 Å². The Bertz CT molecular complexity index is 1000. The SMILES string of the molecule is COc1ccc2cc(C(C)C(=O)OCCSC3=C(Cl)C(=O)OC3OC(C)C)ccc2c1. The van der Waals surface area contributed by atoms with E-state index in [0.29, 0.717) is 10.7 Å². The molecule has 2 aromatic rings. The molecular formula is C23H25ClO6S. The van der Waals surface area contributed by atoms with E-state index in [1.807, 2.05) is 57.2 Å². The third-order valence-electron chi connectivity index (χ3n) is 4.73. The molecule has 3 rings (SSSR count). The van der Waals surface area contributed by atoms with E-state index in [9.17, 15) is 9.59 Å². The van der Waals surface area contributed by atoms with Crippen LogP contribution in [-0.4, -0.2) is 43.8 Å². The molecule has 2 atom stereocenters. The topological polar surface area (TPSA) is 71.1 Å². The molecule has 1 aliphatic rings. The van der Waals surface area contributed by atoms with Crippen molar-refractivity contribution >= 4 is 46.1 Å². The first-order chi connectivity index (χ1) is 14.8. The predicted molar refractivity (Wildman–Crippen MR) is 121 cm³/mol. The smallest absolute Gasteiger partial charge is 0.353 e. The van der Waals surface area contributed by atoms with Gasteiger partial charge in [0.25, 0.3) is 0 Å². The average molecular weight is 465 g/mol. The molecule has 0 radical (unpaired) electrons. The second-order valence-electron chi connectivity index (χ2n) is 7.31. The summed E-state index contributed by atoms with van der Waals surface area (Å²) in [5.74, 6) is -0.115. The second-order valence-corrected chi connectivity index (χ2v) is 8.83. The summed E-state index contributed by atoms with van der Waals surface area (Å²) >= 11 is 7.32. The van der Waals surface area contributed by atoms with Crippen molar-refractivity contribution < 1.29 is 28.5 Å². The van der Waals surface area contributed by atoms with Crippen molar-refractivity contribution in [2.75, 3.05) is 19.5 Å². The molecule has 0 saturated heterocycles. The van der Waals surface area contributed by atoms with Crippen molar-refractivity contribution in [2.24, 2.45) is 0 Å². The molecule has 0 bridgehead atoms. The van der Waals surface area contributed by atoms with Gasteiger partial charge in [-0.05, 0) is 49.2 Å². The maximum Gasteiger partial charge on any atom is 0.353 e. The summed E-state index contributed by atoms with van der Waals surface area (Å²) in [5, 5.41) is 2.08. The van der Waals surface area contributed by atoms with Crippen LogP contribution in [0, 0.1) is 0 Å². The maximum atomic E-state index is 12.5. The number of hydrogen-bond acceptors (Lipinski definition) is 7. The highest BCUT2D eigenvalue weighted by molar-refractivity contribution is 8.03. The lowest BCUT2D eigenvalue weighted by Crippen LogP contribution is -2.20. The first-order valence-corrected chi connectivity index (χ1v) is 11.3. The monoisotopic (exact) mass is 464 g/mol. The standard InChI is InChI=1S/C23H25ClO6S/c1-13(2)29-23-20(19(24)22(26)30-23)31-10-9-28-21(25)14(3)15-5-6-17-12-18(27-4)8-7-16(17)11-15/h5-8,11-14,23H,9-10H2,1-4H3. The minimum atomic E-state index is -0.809. The highest BCUT2D eigenvalue weighted by Gasteiger charge is 2.35. The second kappa shape index (κ2) is 10.4. The molecule has 0 spiro atoms. The Balaban J connectivity index is 1.54. The van der Waals surface area contributed by atoms with Crippen LogP contribution < -0.4 is 4.74 Å². The zero-order valence-corrected chi connectivity index (χ0v) is 19.4. The van der Waals surface area contributed by atoms with E-state index >= 15 is 0 Å². The zero-order valence-electron chi connectivity index (χ0n) is 17.8. The number of halogens is 1. The lowest BCUT2D eigenvalue weighted by atomic mass is 9.98. The van der Waals surface area contributed by atoms with Crippen molar-refractivity contribution in [3.8, 4) is 5.75 Å². The highest BCUT2D eigenvalue weighted by atomic mass is 35.5. The van der Waals surface area contributed by atoms with Crippen molar-refractivity contribution in [3.05, 3.63) is 51.9 Å². The molecule has 0 aromatic heterocycles. The maximum absolute atomic E-state index is 12.5. The Morgan fingerprint density at radius 1 is 1.16 bits per heavy atom. The molecule has 2 unspecified atom stereocenters. The van der Waals surface area contributed by atoms with E-state index in [4.69, 9.17) is 30.5 Å². The van der Waals surface area contributed by atoms with E-state index < -0.39 is 18.2 Å². The molecular weight excluding hydrogens is 440 g/mol. The summed E-state index contributed by atoms with van der Waals surface area (Å²) in [6, 6.07) is 11.7. The molecule has 8 heteroatoms. The third-order valence-corrected chi connectivity index (χ3v) is 6.28. The number of carbonyl (C=O) groups excluding carboxylic acids is 2. The van der Waals surface area contributed by atoms with Crippen LogP contribution in [0.25, 0.3) is 10.8 Å². The summed E-state index contributed by atoms with van der Waals surface area (Å²) in [5.41, 5.74) is 0.876. The van der Waals surface area contributed by atoms with Gasteiger partial charge in [-0.1, -0.05) is 35.9 Å². The van der Waals surface area contributed by atoms with Crippen LogP contribution in [-0.2, 0) is 23.8 Å². The number of hydrogen-bond donors (Lipinski definition) is 0. The molecule has 2 aromatic carbocycles. The molecule has 1 aliphatic heterocycles. The summed E-state index contributed by atoms with van der Waals surface area (Å²) < 4.78 is 21.4. The molecule has 166 valence electrons. The van der Waals surface area contributed by atoms with Crippen molar-refractivity contribution in [2.45, 2.75) is 39.1 Å². The van der Waals surface area contributed by atoms with Gasteiger partial charge in [-0.2, -0.15) is 0 Å². The van der Waals surface area contributed by atoms with Gasteiger partial charge in [0, 0.05) is 5.75 Å². The van der Waals surface area contributed by atoms with Gasteiger partial charge < -0.3 is 18.9 Å². The molecule has 0 fully saturated rings. The lowest BCUT2D eigenvalue weighted by Gasteiger charge is -2.17. The number of ether oxygens (including phenoxy) is 4. The predicted octanol–water partition coefficient (Wildman–Crippen LogP) is 4.99. The molecule has 1 heterocycles. The molecule has 0 aliphatic carbocycles. The Hall–Kier alpha value is -2.22. The Morgan fingerprint density at radius 2 is 1.87 bits per heavy atom. The number of rotatable bonds is 9. The minimum absolute atomic E-state index is 0.0168. The van der Waals surface area contributed by atoms with Gasteiger partial charge in [0.15, 0.2) is 0 Å². The number of cyclic esters (lactones) is 1. The Morgan fingerprint density at radius 3 is 2.58 bits per heavy atom. The number of methoxy groups -OCH3 is 1. The van der Waals surface area contributed by atoms with Gasteiger partial charge in [-0.3, -0.25) is 4.79 Å². The van der Waals surface area contributed by atoms with Crippen LogP contribution >= 0.6 is 23.4 Å². The molecule has 0 saturated carbocycles. The van der Waals surface area contributed by atoms with Gasteiger partial charge in [-0.25, -0.2) is 4.79 Å². The first-order valence-electron chi connectivity index (χ1n) is 9.93. The Labute approximate surface area is 190 Å². The lowest BCUT2D eigenvalue weighted by molar-refractivity contribution is -0.164. The number of thioether (sulfide) groups is 1. The summed E-state index contributed by atoms with van der Waals surface area (Å²) in [4.78, 5) is 24.7. The van der Waals surface area contributed by atoms with Crippen molar-refractivity contribution in [3.63, 3.8) is 0 Å². The first kappa shape index (κ1) is 23.4. The number of fused-ring (bicyclic) bond motifs is 1. The summed E-state index contributed by atoms with van der Waals surface area (Å²) in [6.07, 6.45) is -0.937. The number of carbonyl (C=O) groups is 2. The van der Waals surface area contributed by atoms with E-state index in [2.05, 4.69) is 0 Å². The molecule has 0 amide bonds. The average Bonchev–Trinajstić information content (AvgIpc) is 3.01. The van der Waals surface area contributed by atoms with Crippen LogP contribution in [0.5, 0.6) is 5.75 Å². The molecule has 6 nitrogen and oxygen atoms in total. The molecule has 31 heavy (non-hydrogen) atoms. The normalized spacial score (nSPS) is 17.2. The van der Waals surface area contributed by atoms with E-state index in [0.717, 1.165) is 22.1 Å². The van der Waals surface area contributed by atoms with Gasteiger partial charge in [-0.15, -0.1) is 11.8 Å². The summed E-state index contributed by atoms with van der Waals surface area (Å²) in [7, 11) is 1.63. The van der Waals surface area contributed by atoms with Gasteiger partial charge in [0.1, 0.15) is 17.4 Å². The Kier molecular flexibility index (Phi) is 7.86. The van der Waals surface area contributed by atoms with E-state index in [1.54, 1.807) is 7.11 Å². The highest BCUT2D eigenvalue weighted by Crippen LogP contribution is 2.35. The van der Waals surface area contributed by atoms with Crippen molar-refractivity contribution in [1.29, 1.82) is 0 Å². The third kappa shape index (κ3) is 5.73. The van der Waals surface area contributed by atoms with Crippen LogP contribution in [0.1, 0.15) is 32.3 Å². The fourth-order valence-electron chi connectivity index (χ4n) is 3.07. The van der Waals surface area contributed by atoms with Crippen molar-refractivity contribution in [1.82, 2.24) is 0 Å². The molecule has 0 N–H and O–H groups in total. The van der Waals surface area contributed by atoms with Gasteiger partial charge in [0.2, 0.25) is 6.29 Å². The van der Waals surface area contributed by atoms with Gasteiger partial charge >= 0.3 is 11.9 Å². The van der Waals surface area contributed by atoms with Crippen LogP contribution in [0.2, 0.25) is 0 Å². The van der Waals surface area contributed by atoms with Crippen LogP contribution in [0.3, 0.4) is 0 Å². The van der Waals surface area contributed by atoms with E-state index in [-0.39, 0.29) is 23.7 Å². The number of benzene rings is 2. The fraction of sp³-hybridized carbons (Fsp3) is 0.391. The quantitative estimate of drug-likeness (QED) is 0.382. The largest absolute Gasteiger partial charge is 0.497 e. The fourth-order valence-corrected chi connectivity index (χ4v) is 4.20. The van der Waals surface area contributed by atoms with E-state index in [1.165, 1.54) is 11.8 Å². The zero-order chi connectivity index (χ0) is 22.5. The minimum Gasteiger partial charge on any atom is -0.497 e. The number of esters is 2. The van der Waals surface area contributed by atoms with Crippen LogP contribution in [0.4, 0.5) is 0 Å².